The van der Waals surface area contributed by atoms with Gasteiger partial charge in [-0.1, -0.05) is 25.1 Å². The number of amides is 1. The van der Waals surface area contributed by atoms with Gasteiger partial charge in [-0.05, 0) is 18.6 Å². The van der Waals surface area contributed by atoms with Crippen LogP contribution in [0.25, 0.3) is 10.9 Å². The van der Waals surface area contributed by atoms with Crippen LogP contribution in [0.1, 0.15) is 18.2 Å². The molecule has 5 nitrogen and oxygen atoms in total. The van der Waals surface area contributed by atoms with Crippen molar-refractivity contribution >= 4 is 16.8 Å². The number of aromatic nitrogens is 1. The van der Waals surface area contributed by atoms with Crippen LogP contribution in [-0.4, -0.2) is 60.6 Å². The number of nitrogens with one attached hydrogen (secondary N) is 1. The van der Waals surface area contributed by atoms with Crippen molar-refractivity contribution in [3.8, 4) is 0 Å². The number of morpholine rings is 1. The van der Waals surface area contributed by atoms with E-state index in [1.165, 1.54) is 10.9 Å². The molecule has 1 aliphatic rings. The molecule has 0 saturated carbocycles. The van der Waals surface area contributed by atoms with Crippen LogP contribution in [0, 0.1) is 12.8 Å². The quantitative estimate of drug-likeness (QED) is 0.916. The molecule has 0 radical (unpaired) electrons. The normalized spacial score (nSPS) is 17.1. The first-order chi connectivity index (χ1) is 11.6. The van der Waals surface area contributed by atoms with Crippen molar-refractivity contribution in [2.24, 2.45) is 5.92 Å². The number of para-hydroxylation sites is 1. The fraction of sp³-hybridized carbons (Fsp3) is 0.526. The summed E-state index contributed by atoms with van der Waals surface area (Å²) >= 11 is 0. The molecule has 24 heavy (non-hydrogen) atoms. The van der Waals surface area contributed by atoms with E-state index in [-0.39, 0.29) is 11.8 Å². The Hall–Kier alpha value is -1.85. The van der Waals surface area contributed by atoms with Gasteiger partial charge in [-0.15, -0.1) is 0 Å². The predicted molar refractivity (Wildman–Crippen MR) is 95.9 cm³/mol. The Balaban J connectivity index is 1.63. The van der Waals surface area contributed by atoms with E-state index < -0.39 is 0 Å². The van der Waals surface area contributed by atoms with Crippen LogP contribution in [0.5, 0.6) is 0 Å². The van der Waals surface area contributed by atoms with Crippen LogP contribution in [0.4, 0.5) is 0 Å². The van der Waals surface area contributed by atoms with Gasteiger partial charge in [0.05, 0.1) is 19.8 Å². The monoisotopic (exact) mass is 329 g/mol. The Labute approximate surface area is 143 Å². The van der Waals surface area contributed by atoms with Gasteiger partial charge in [0.1, 0.15) is 0 Å². The molecule has 2 heterocycles. The average Bonchev–Trinajstić information content (AvgIpc) is 2.91. The summed E-state index contributed by atoms with van der Waals surface area (Å²) in [6.45, 7) is 8.93. The molecular formula is C19H27N3O2. The molecule has 1 N–H and O–H groups in total. The van der Waals surface area contributed by atoms with E-state index in [1.54, 1.807) is 0 Å². The number of carbonyl (C=O) groups is 1. The minimum atomic E-state index is -0.00205. The van der Waals surface area contributed by atoms with Gasteiger partial charge in [0.15, 0.2) is 0 Å². The summed E-state index contributed by atoms with van der Waals surface area (Å²) in [7, 11) is 1.89. The van der Waals surface area contributed by atoms with E-state index in [4.69, 9.17) is 4.74 Å². The van der Waals surface area contributed by atoms with E-state index in [0.717, 1.165) is 44.1 Å². The van der Waals surface area contributed by atoms with E-state index in [9.17, 15) is 4.79 Å². The number of rotatable bonds is 5. The Kier molecular flexibility index (Phi) is 5.21. The highest BCUT2D eigenvalue weighted by Crippen LogP contribution is 2.22. The molecule has 1 aliphatic heterocycles. The molecule has 1 aromatic heterocycles. The molecule has 130 valence electrons. The second-order valence-electron chi connectivity index (χ2n) is 6.78. The van der Waals surface area contributed by atoms with E-state index in [1.807, 2.05) is 31.0 Å². The van der Waals surface area contributed by atoms with Crippen LogP contribution >= 0.6 is 0 Å². The number of fused-ring (bicyclic) bond motifs is 1. The highest BCUT2D eigenvalue weighted by molar-refractivity contribution is 5.84. The van der Waals surface area contributed by atoms with Gasteiger partial charge in [0, 0.05) is 49.2 Å². The van der Waals surface area contributed by atoms with Crippen molar-refractivity contribution in [3.63, 3.8) is 0 Å². The maximum Gasteiger partial charge on any atom is 0.226 e. The Morgan fingerprint density at radius 3 is 2.75 bits per heavy atom. The number of H-pyrrole nitrogens is 1. The molecule has 5 heteroatoms. The number of aryl methyl sites for hydroxylation is 1. The molecule has 0 bridgehead atoms. The molecule has 0 spiro atoms. The summed E-state index contributed by atoms with van der Waals surface area (Å²) in [5, 5.41) is 1.23. The zero-order chi connectivity index (χ0) is 17.1. The smallest absolute Gasteiger partial charge is 0.226 e. The molecule has 0 aliphatic carbocycles. The molecule has 0 unspecified atom stereocenters. The number of benzene rings is 1. The van der Waals surface area contributed by atoms with Crippen molar-refractivity contribution in [2.45, 2.75) is 20.4 Å². The van der Waals surface area contributed by atoms with Gasteiger partial charge in [-0.3, -0.25) is 9.69 Å². The Morgan fingerprint density at radius 1 is 1.33 bits per heavy atom. The molecule has 3 rings (SSSR count). The standard InChI is InChI=1S/C19H27N3O2/c1-14(12-22-8-10-24-11-9-22)19(23)21(3)13-18-15(2)16-6-4-5-7-17(16)20-18/h4-7,14,20H,8-13H2,1-3H3/t14-/m0/s1. The maximum absolute atomic E-state index is 12.7. The third-order valence-electron chi connectivity index (χ3n) is 4.90. The van der Waals surface area contributed by atoms with Crippen molar-refractivity contribution < 1.29 is 9.53 Å². The van der Waals surface area contributed by atoms with E-state index >= 15 is 0 Å². The Morgan fingerprint density at radius 2 is 2.04 bits per heavy atom. The van der Waals surface area contributed by atoms with Crippen LogP contribution in [-0.2, 0) is 16.1 Å². The minimum absolute atomic E-state index is 0.00205. The lowest BCUT2D eigenvalue weighted by Gasteiger charge is -2.30. The van der Waals surface area contributed by atoms with Crippen molar-refractivity contribution in [2.75, 3.05) is 39.9 Å². The SMILES string of the molecule is Cc1c(CN(C)C(=O)[C@@H](C)CN2CCOCC2)[nH]c2ccccc12. The fourth-order valence-corrected chi connectivity index (χ4v) is 3.44. The number of hydrogen-bond donors (Lipinski definition) is 1. The number of nitrogens with zero attached hydrogens (tertiary/aromatic N) is 2. The first kappa shape index (κ1) is 17.0. The second-order valence-corrected chi connectivity index (χ2v) is 6.78. The molecule has 1 aromatic carbocycles. The van der Waals surface area contributed by atoms with Gasteiger partial charge in [-0.25, -0.2) is 0 Å². The zero-order valence-electron chi connectivity index (χ0n) is 14.8. The molecular weight excluding hydrogens is 302 g/mol. The maximum atomic E-state index is 12.7. The predicted octanol–water partition coefficient (Wildman–Crippen LogP) is 2.40. The zero-order valence-corrected chi connectivity index (χ0v) is 14.8. The lowest BCUT2D eigenvalue weighted by atomic mass is 10.1. The summed E-state index contributed by atoms with van der Waals surface area (Å²) in [4.78, 5) is 20.3. The van der Waals surface area contributed by atoms with Crippen molar-refractivity contribution in [1.82, 2.24) is 14.8 Å². The number of ether oxygens (including phenoxy) is 1. The van der Waals surface area contributed by atoms with Crippen LogP contribution < -0.4 is 0 Å². The third-order valence-corrected chi connectivity index (χ3v) is 4.90. The fourth-order valence-electron chi connectivity index (χ4n) is 3.44. The minimum Gasteiger partial charge on any atom is -0.379 e. The number of hydrogen-bond acceptors (Lipinski definition) is 3. The highest BCUT2D eigenvalue weighted by atomic mass is 16.5. The average molecular weight is 329 g/mol. The summed E-state index contributed by atoms with van der Waals surface area (Å²) in [6.07, 6.45) is 0. The summed E-state index contributed by atoms with van der Waals surface area (Å²) in [5.41, 5.74) is 3.48. The largest absolute Gasteiger partial charge is 0.379 e. The molecule has 1 amide bonds. The first-order valence-electron chi connectivity index (χ1n) is 8.67. The van der Waals surface area contributed by atoms with Gasteiger partial charge in [0.25, 0.3) is 0 Å². The molecule has 1 fully saturated rings. The first-order valence-corrected chi connectivity index (χ1v) is 8.67. The Bertz CT molecular complexity index is 704. The van der Waals surface area contributed by atoms with Crippen LogP contribution in [0.15, 0.2) is 24.3 Å². The van der Waals surface area contributed by atoms with Gasteiger partial charge in [-0.2, -0.15) is 0 Å². The number of carbonyl (C=O) groups excluding carboxylic acids is 1. The van der Waals surface area contributed by atoms with Gasteiger partial charge < -0.3 is 14.6 Å². The van der Waals surface area contributed by atoms with E-state index in [2.05, 4.69) is 28.9 Å². The topological polar surface area (TPSA) is 48.6 Å². The second kappa shape index (κ2) is 7.36. The summed E-state index contributed by atoms with van der Waals surface area (Å²) in [6, 6.07) is 8.27. The van der Waals surface area contributed by atoms with Gasteiger partial charge >= 0.3 is 0 Å². The highest BCUT2D eigenvalue weighted by Gasteiger charge is 2.22. The molecule has 1 atom stereocenters. The lowest BCUT2D eigenvalue weighted by molar-refractivity contribution is -0.135. The van der Waals surface area contributed by atoms with Crippen LogP contribution in [0.3, 0.4) is 0 Å². The molecule has 1 saturated heterocycles. The van der Waals surface area contributed by atoms with Gasteiger partial charge in [0.2, 0.25) is 5.91 Å². The van der Waals surface area contributed by atoms with Crippen molar-refractivity contribution in [3.05, 3.63) is 35.5 Å². The summed E-state index contributed by atoms with van der Waals surface area (Å²) < 4.78 is 5.37. The molecule has 2 aromatic rings. The van der Waals surface area contributed by atoms with Crippen LogP contribution in [0.2, 0.25) is 0 Å². The van der Waals surface area contributed by atoms with Crippen molar-refractivity contribution in [1.29, 1.82) is 0 Å². The summed E-state index contributed by atoms with van der Waals surface area (Å²) in [5.74, 6) is 0.192. The van der Waals surface area contributed by atoms with E-state index in [0.29, 0.717) is 6.54 Å². The lowest BCUT2D eigenvalue weighted by Crippen LogP contribution is -2.43. The third kappa shape index (κ3) is 3.62. The number of aromatic amines is 1.